The molecule has 0 aromatic rings. The van der Waals surface area contributed by atoms with E-state index in [1.165, 1.54) is 0 Å². The van der Waals surface area contributed by atoms with Gasteiger partial charge in [-0.3, -0.25) is 0 Å². The quantitative estimate of drug-likeness (QED) is 0.404. The van der Waals surface area contributed by atoms with Gasteiger partial charge in [0.2, 0.25) is 0 Å². The Morgan fingerprint density at radius 1 is 1.20 bits per heavy atom. The van der Waals surface area contributed by atoms with Crippen LogP contribution in [-0.4, -0.2) is 36.2 Å². The van der Waals surface area contributed by atoms with Crippen molar-refractivity contribution >= 4 is 60.0 Å². The molecule has 0 spiro atoms. The predicted molar refractivity (Wildman–Crippen MR) is 28.5 cm³/mol. The van der Waals surface area contributed by atoms with E-state index < -0.39 is 0 Å². The van der Waals surface area contributed by atoms with Crippen molar-refractivity contribution in [1.82, 2.24) is 0 Å². The van der Waals surface area contributed by atoms with Crippen molar-refractivity contribution in [2.45, 2.75) is 0 Å². The average Bonchev–Trinajstić information content (AvgIpc) is 0.918. The summed E-state index contributed by atoms with van der Waals surface area (Å²) in [7, 11) is 0. The molecule has 0 saturated carbocycles. The van der Waals surface area contributed by atoms with E-state index in [0.29, 0.717) is 0 Å². The van der Waals surface area contributed by atoms with Gasteiger partial charge in [-0.05, 0) is 0 Å². The van der Waals surface area contributed by atoms with Gasteiger partial charge >= 0.3 is 0 Å². The van der Waals surface area contributed by atoms with Gasteiger partial charge in [-0.2, -0.15) is 3.84 Å². The summed E-state index contributed by atoms with van der Waals surface area (Å²) in [5, 5.41) is 0. The molecule has 0 bridgehead atoms. The summed E-state index contributed by atoms with van der Waals surface area (Å²) in [6.07, 6.45) is 0. The molecule has 0 aromatic heterocycles. The Kier molecular flexibility index (Phi) is 55.2. The Labute approximate surface area is 63.6 Å². The minimum atomic E-state index is 0. The Bertz CT molecular complexity index is 9.61. The molecule has 0 aromatic carbocycles. The topological polar surface area (TPSA) is 9.23 Å². The van der Waals surface area contributed by atoms with Gasteiger partial charge in [-0.1, -0.05) is 0 Å². The fourth-order valence-electron chi connectivity index (χ4n) is 0. The second kappa shape index (κ2) is 17.3. The normalized spacial score (nSPS) is 3.60. The minimum Gasteiger partial charge on any atom is -0.166 e. The molecule has 5 heavy (non-hydrogen) atoms. The van der Waals surface area contributed by atoms with Crippen LogP contribution in [0.5, 0.6) is 0 Å². The van der Waals surface area contributed by atoms with E-state index in [-0.39, 0.29) is 36.2 Å². The van der Waals surface area contributed by atoms with Crippen molar-refractivity contribution in [3.63, 3.8) is 0 Å². The molecule has 0 aliphatic rings. The molecule has 0 rings (SSSR count). The van der Waals surface area contributed by atoms with E-state index in [0.717, 1.165) is 0 Å². The van der Waals surface area contributed by atoms with Gasteiger partial charge in [-0.15, -0.1) is 0 Å². The molecule has 0 heterocycles. The zero-order valence-corrected chi connectivity index (χ0v) is 3.68. The van der Waals surface area contributed by atoms with E-state index in [9.17, 15) is 0 Å². The first-order chi connectivity index (χ1) is 1.41. The summed E-state index contributed by atoms with van der Waals surface area (Å²) in [5.41, 5.74) is 0. The summed E-state index contributed by atoms with van der Waals surface area (Å²) in [4.78, 5) is 0. The van der Waals surface area contributed by atoms with Crippen LogP contribution in [0.15, 0.2) is 0 Å². The number of hydrogen-bond acceptors (Lipinski definition) is 1. The van der Waals surface area contributed by atoms with Gasteiger partial charge < -0.3 is 0 Å². The fraction of sp³-hybridized carbons (Fsp3) is 0. The van der Waals surface area contributed by atoms with Crippen LogP contribution in [0.1, 0.15) is 0 Å². The first-order valence-corrected chi connectivity index (χ1v) is 0.926. The van der Waals surface area contributed by atoms with Gasteiger partial charge in [0.05, 0.1) is 23.7 Å². The zero-order chi connectivity index (χ0) is 2.71. The van der Waals surface area contributed by atoms with Crippen molar-refractivity contribution in [2.24, 2.45) is 0 Å². The maximum absolute atomic E-state index is 4.26. The Morgan fingerprint density at radius 2 is 1.20 bits per heavy atom. The summed E-state index contributed by atoms with van der Waals surface area (Å²) in [5.74, 6) is 0. The van der Waals surface area contributed by atoms with Crippen LogP contribution >= 0.6 is 23.7 Å². The monoisotopic (exact) mass is 123 g/mol. The Hall–Kier alpha value is 1.67. The van der Waals surface area contributed by atoms with Gasteiger partial charge in [0.25, 0.3) is 0 Å². The van der Waals surface area contributed by atoms with Crippen LogP contribution in [0.4, 0.5) is 0 Å². The maximum atomic E-state index is 4.26. The molecule has 0 atom stereocenters. The summed E-state index contributed by atoms with van der Waals surface area (Å²) >= 11 is 8.53. The molecular formula is H3AlCl2LiO. The first-order valence-electron chi connectivity index (χ1n) is 0.309. The van der Waals surface area contributed by atoms with Crippen molar-refractivity contribution in [3.8, 4) is 0 Å². The molecule has 1 radical (unpaired) electrons. The van der Waals surface area contributed by atoms with E-state index in [4.69, 9.17) is 0 Å². The molecule has 0 fully saturated rings. The molecule has 0 amide bonds. The first kappa shape index (κ1) is 15.9. The fourth-order valence-corrected chi connectivity index (χ4v) is 0. The Balaban J connectivity index is -0.0000000200. The predicted octanol–water partition coefficient (Wildman–Crippen LogP) is -0.254. The van der Waals surface area contributed by atoms with E-state index in [2.05, 4.69) is 27.6 Å². The van der Waals surface area contributed by atoms with E-state index >= 15 is 0 Å². The van der Waals surface area contributed by atoms with Crippen LogP contribution in [0.25, 0.3) is 0 Å². The molecule has 0 aliphatic carbocycles. The molecule has 0 N–H and O–H groups in total. The van der Waals surface area contributed by atoms with Gasteiger partial charge in [0.1, 0.15) is 0 Å². The average molecular weight is 124 g/mol. The number of hydrogen-bond donors (Lipinski definition) is 0. The maximum Gasteiger partial charge on any atom is 0.187 e. The van der Waals surface area contributed by atoms with Crippen LogP contribution in [0.2, 0.25) is 0 Å². The van der Waals surface area contributed by atoms with Crippen molar-refractivity contribution in [2.75, 3.05) is 0 Å². The van der Waals surface area contributed by atoms with Crippen LogP contribution in [0, 0.1) is 0 Å². The molecule has 5 heteroatoms. The van der Waals surface area contributed by atoms with Gasteiger partial charge in [-0.25, -0.2) is 0 Å². The van der Waals surface area contributed by atoms with Gasteiger partial charge in [0, 0.05) is 18.9 Å². The molecule has 0 saturated heterocycles. The van der Waals surface area contributed by atoms with Crippen LogP contribution in [0.3, 0.4) is 0 Å². The van der Waals surface area contributed by atoms with Crippen LogP contribution in [-0.2, 0) is 3.84 Å². The third-order valence-electron chi connectivity index (χ3n) is 0. The molecule has 1 nitrogen and oxygen atoms in total. The molecule has 0 unspecified atom stereocenters. The SMILES string of the molecule is ClOCl.[AlH3].[Li]. The van der Waals surface area contributed by atoms with Gasteiger partial charge in [0.15, 0.2) is 17.4 Å². The van der Waals surface area contributed by atoms with Crippen molar-refractivity contribution in [3.05, 3.63) is 0 Å². The summed E-state index contributed by atoms with van der Waals surface area (Å²) < 4.78 is 3.19. The number of halogens is 2. The molecule has 27 valence electrons. The van der Waals surface area contributed by atoms with E-state index in [1.54, 1.807) is 0 Å². The largest absolute Gasteiger partial charge is 0.187 e. The Morgan fingerprint density at radius 3 is 1.20 bits per heavy atom. The third-order valence-corrected chi connectivity index (χ3v) is 0. The zero-order valence-electron chi connectivity index (χ0n) is 2.16. The smallest absolute Gasteiger partial charge is 0.166 e. The molecule has 0 aliphatic heterocycles. The molecular weight excluding hydrogens is 121 g/mol. The second-order valence-electron chi connectivity index (χ2n) is 0.0583. The second-order valence-corrected chi connectivity index (χ2v) is 0.525. The number of rotatable bonds is 0. The minimum absolute atomic E-state index is 0. The third kappa shape index (κ3) is 27.4. The summed E-state index contributed by atoms with van der Waals surface area (Å²) in [6.45, 7) is 0. The van der Waals surface area contributed by atoms with Crippen molar-refractivity contribution < 1.29 is 3.84 Å². The van der Waals surface area contributed by atoms with E-state index in [1.807, 2.05) is 0 Å². The van der Waals surface area contributed by atoms with Crippen LogP contribution < -0.4 is 0 Å². The van der Waals surface area contributed by atoms with Crippen molar-refractivity contribution in [1.29, 1.82) is 0 Å². The summed E-state index contributed by atoms with van der Waals surface area (Å²) in [6, 6.07) is 0. The standard InChI is InChI=1S/Al.Cl2O.Li.3H/c;1-3-2;;;;.